The second-order valence-corrected chi connectivity index (χ2v) is 4.98. The summed E-state index contributed by atoms with van der Waals surface area (Å²) in [6, 6.07) is 3.57. The fourth-order valence-electron chi connectivity index (χ4n) is 2.06. The van der Waals surface area contributed by atoms with Crippen molar-refractivity contribution < 1.29 is 0 Å². The minimum absolute atomic E-state index is 0.333. The van der Waals surface area contributed by atoms with Gasteiger partial charge in [0.1, 0.15) is 11.6 Å². The number of rotatable bonds is 3. The van der Waals surface area contributed by atoms with E-state index in [4.69, 9.17) is 5.73 Å². The molecule has 1 atom stereocenters. The number of pyridine rings is 1. The summed E-state index contributed by atoms with van der Waals surface area (Å²) in [5, 5.41) is 4.13. The first-order valence-electron chi connectivity index (χ1n) is 6.32. The van der Waals surface area contributed by atoms with Crippen LogP contribution in [0.2, 0.25) is 0 Å². The van der Waals surface area contributed by atoms with Gasteiger partial charge in [-0.1, -0.05) is 0 Å². The van der Waals surface area contributed by atoms with Gasteiger partial charge in [0.15, 0.2) is 5.65 Å². The molecule has 3 aromatic rings. The van der Waals surface area contributed by atoms with E-state index in [1.807, 2.05) is 44.4 Å². The van der Waals surface area contributed by atoms with E-state index in [0.29, 0.717) is 11.5 Å². The average molecular weight is 271 g/mol. The Morgan fingerprint density at radius 3 is 2.75 bits per heavy atom. The third kappa shape index (κ3) is 2.12. The van der Waals surface area contributed by atoms with Crippen molar-refractivity contribution in [2.75, 3.05) is 19.0 Å². The molecule has 3 aromatic heterocycles. The third-order valence-corrected chi connectivity index (χ3v) is 3.19. The Morgan fingerprint density at radius 1 is 1.30 bits per heavy atom. The van der Waals surface area contributed by atoms with Crippen molar-refractivity contribution in [3.05, 3.63) is 35.9 Å². The summed E-state index contributed by atoms with van der Waals surface area (Å²) in [7, 11) is 5.76. The van der Waals surface area contributed by atoms with Crippen molar-refractivity contribution in [3.8, 4) is 0 Å². The molecule has 0 aliphatic heterocycles. The zero-order valence-corrected chi connectivity index (χ0v) is 11.7. The van der Waals surface area contributed by atoms with E-state index >= 15 is 0 Å². The highest BCUT2D eigenvalue weighted by Crippen LogP contribution is 2.20. The topological polar surface area (TPSA) is 88.6 Å². The van der Waals surface area contributed by atoms with Crippen LogP contribution in [0.15, 0.2) is 24.5 Å². The smallest absolute Gasteiger partial charge is 0.179 e. The fraction of sp³-hybridized carbons (Fsp3) is 0.308. The lowest BCUT2D eigenvalue weighted by molar-refractivity contribution is 0.761. The lowest BCUT2D eigenvalue weighted by Gasteiger charge is -2.09. The van der Waals surface area contributed by atoms with Gasteiger partial charge in [0.25, 0.3) is 0 Å². The predicted molar refractivity (Wildman–Crippen MR) is 77.5 cm³/mol. The lowest BCUT2D eigenvalue weighted by atomic mass is 10.2. The number of aromatic nitrogens is 5. The first kappa shape index (κ1) is 12.6. The number of anilines is 1. The molecule has 0 aliphatic rings. The molecule has 0 saturated carbocycles. The summed E-state index contributed by atoms with van der Waals surface area (Å²) >= 11 is 0. The van der Waals surface area contributed by atoms with Crippen LogP contribution >= 0.6 is 0 Å². The molecule has 0 spiro atoms. The van der Waals surface area contributed by atoms with E-state index in [9.17, 15) is 0 Å². The Labute approximate surface area is 116 Å². The highest BCUT2D eigenvalue weighted by Gasteiger charge is 2.16. The summed E-state index contributed by atoms with van der Waals surface area (Å²) in [5.74, 6) is 1.56. The molecule has 3 N–H and O–H groups in total. The van der Waals surface area contributed by atoms with Gasteiger partial charge < -0.3 is 15.6 Å². The first-order valence-corrected chi connectivity index (χ1v) is 6.32. The van der Waals surface area contributed by atoms with E-state index in [1.54, 1.807) is 10.9 Å². The van der Waals surface area contributed by atoms with Crippen molar-refractivity contribution in [2.45, 2.75) is 6.04 Å². The third-order valence-electron chi connectivity index (χ3n) is 3.19. The normalized spacial score (nSPS) is 12.8. The highest BCUT2D eigenvalue weighted by molar-refractivity contribution is 5.73. The van der Waals surface area contributed by atoms with Gasteiger partial charge in [0.2, 0.25) is 0 Å². The van der Waals surface area contributed by atoms with E-state index in [1.165, 1.54) is 0 Å². The van der Waals surface area contributed by atoms with Gasteiger partial charge in [-0.2, -0.15) is 5.10 Å². The van der Waals surface area contributed by atoms with E-state index in [-0.39, 0.29) is 6.04 Å². The van der Waals surface area contributed by atoms with Gasteiger partial charge in [-0.15, -0.1) is 0 Å². The molecule has 3 heterocycles. The Bertz CT molecular complexity index is 740. The molecule has 1 unspecified atom stereocenters. The number of hydrogen-bond acceptors (Lipinski definition) is 5. The zero-order chi connectivity index (χ0) is 14.3. The highest BCUT2D eigenvalue weighted by atomic mass is 15.2. The summed E-state index contributed by atoms with van der Waals surface area (Å²) < 4.78 is 1.72. The van der Waals surface area contributed by atoms with Gasteiger partial charge >= 0.3 is 0 Å². The fourth-order valence-corrected chi connectivity index (χ4v) is 2.06. The second kappa shape index (κ2) is 4.61. The number of nitrogens with one attached hydrogen (secondary N) is 1. The quantitative estimate of drug-likeness (QED) is 0.735. The van der Waals surface area contributed by atoms with Gasteiger partial charge in [-0.25, -0.2) is 9.97 Å². The Kier molecular flexibility index (Phi) is 2.90. The van der Waals surface area contributed by atoms with Crippen LogP contribution in [0, 0.1) is 0 Å². The number of aromatic amines is 1. The maximum atomic E-state index is 6.21. The predicted octanol–water partition coefficient (Wildman–Crippen LogP) is 0.805. The number of aryl methyl sites for hydroxylation is 1. The van der Waals surface area contributed by atoms with Crippen molar-refractivity contribution >= 4 is 17.0 Å². The average Bonchev–Trinajstić information content (AvgIpc) is 3.02. The van der Waals surface area contributed by atoms with Crippen LogP contribution in [0.25, 0.3) is 11.2 Å². The molecule has 0 fully saturated rings. The summed E-state index contributed by atoms with van der Waals surface area (Å²) in [6.45, 7) is 0. The molecule has 0 aromatic carbocycles. The summed E-state index contributed by atoms with van der Waals surface area (Å²) in [4.78, 5) is 14.1. The van der Waals surface area contributed by atoms with Gasteiger partial charge in [-0.3, -0.25) is 4.68 Å². The molecule has 3 rings (SSSR count). The van der Waals surface area contributed by atoms with E-state index in [2.05, 4.69) is 20.1 Å². The minimum atomic E-state index is -0.333. The SMILES string of the molecule is CN(C)c1ccc2[nH]c(C(N)c3cnn(C)c3)nc2n1. The molecule has 0 saturated heterocycles. The van der Waals surface area contributed by atoms with Crippen LogP contribution in [0.4, 0.5) is 5.82 Å². The van der Waals surface area contributed by atoms with Gasteiger partial charge in [0.05, 0.1) is 17.8 Å². The zero-order valence-electron chi connectivity index (χ0n) is 11.7. The first-order chi connectivity index (χ1) is 9.54. The maximum Gasteiger partial charge on any atom is 0.179 e. The molecule has 7 heteroatoms. The molecular formula is C13H17N7. The number of nitrogens with two attached hydrogens (primary N) is 1. The molecule has 0 amide bonds. The molecule has 0 bridgehead atoms. The lowest BCUT2D eigenvalue weighted by Crippen LogP contribution is -2.12. The Hall–Kier alpha value is -2.41. The van der Waals surface area contributed by atoms with Crippen LogP contribution in [0.5, 0.6) is 0 Å². The van der Waals surface area contributed by atoms with E-state index < -0.39 is 0 Å². The number of imidazole rings is 1. The van der Waals surface area contributed by atoms with E-state index in [0.717, 1.165) is 16.9 Å². The standard InChI is InChI=1S/C13H17N7/c1-19(2)10-5-4-9-12(17-10)18-13(16-9)11(14)8-6-15-20(3)7-8/h4-7,11H,14H2,1-3H3,(H,16,17,18). The Balaban J connectivity index is 2.00. The van der Waals surface area contributed by atoms with Crippen LogP contribution in [-0.2, 0) is 7.05 Å². The van der Waals surface area contributed by atoms with Crippen molar-refractivity contribution in [1.82, 2.24) is 24.7 Å². The second-order valence-electron chi connectivity index (χ2n) is 4.98. The maximum absolute atomic E-state index is 6.21. The minimum Gasteiger partial charge on any atom is -0.363 e. The molecule has 7 nitrogen and oxygen atoms in total. The number of fused-ring (bicyclic) bond motifs is 1. The van der Waals surface area contributed by atoms with Gasteiger partial charge in [0, 0.05) is 32.9 Å². The number of H-pyrrole nitrogens is 1. The molecular weight excluding hydrogens is 254 g/mol. The summed E-state index contributed by atoms with van der Waals surface area (Å²) in [5.41, 5.74) is 8.67. The molecule has 0 radical (unpaired) electrons. The van der Waals surface area contributed by atoms with Crippen molar-refractivity contribution in [3.63, 3.8) is 0 Å². The Morgan fingerprint density at radius 2 is 2.10 bits per heavy atom. The number of hydrogen-bond donors (Lipinski definition) is 2. The van der Waals surface area contributed by atoms with Crippen LogP contribution in [0.1, 0.15) is 17.4 Å². The molecule has 0 aliphatic carbocycles. The largest absolute Gasteiger partial charge is 0.363 e. The van der Waals surface area contributed by atoms with Gasteiger partial charge in [-0.05, 0) is 12.1 Å². The van der Waals surface area contributed by atoms with Crippen LogP contribution in [-0.4, -0.2) is 38.8 Å². The van der Waals surface area contributed by atoms with Crippen molar-refractivity contribution in [2.24, 2.45) is 12.8 Å². The number of nitrogens with zero attached hydrogens (tertiary/aromatic N) is 5. The summed E-state index contributed by atoms with van der Waals surface area (Å²) in [6.07, 6.45) is 3.63. The molecule has 20 heavy (non-hydrogen) atoms. The van der Waals surface area contributed by atoms with Crippen LogP contribution in [0.3, 0.4) is 0 Å². The van der Waals surface area contributed by atoms with Crippen LogP contribution < -0.4 is 10.6 Å². The molecule has 104 valence electrons. The van der Waals surface area contributed by atoms with Crippen molar-refractivity contribution in [1.29, 1.82) is 0 Å². The monoisotopic (exact) mass is 271 g/mol.